The summed E-state index contributed by atoms with van der Waals surface area (Å²) in [5.74, 6) is 1.64. The molecule has 2 aromatic rings. The number of nitrogens with two attached hydrogens (primary N) is 1. The highest BCUT2D eigenvalue weighted by Crippen LogP contribution is 2.09. The molecule has 17 heavy (non-hydrogen) atoms. The molecule has 0 amide bonds. The lowest BCUT2D eigenvalue weighted by Crippen LogP contribution is -2.09. The zero-order valence-corrected chi connectivity index (χ0v) is 9.24. The fourth-order valence-electron chi connectivity index (χ4n) is 1.24. The largest absolute Gasteiger partial charge is 0.490 e. The second-order valence-corrected chi connectivity index (χ2v) is 3.29. The number of ether oxygens (including phenoxy) is 2. The lowest BCUT2D eigenvalue weighted by molar-refractivity contribution is 0.216. The third kappa shape index (κ3) is 3.64. The van der Waals surface area contributed by atoms with Gasteiger partial charge in [0.05, 0.1) is 12.4 Å². The molecule has 1 aromatic heterocycles. The van der Waals surface area contributed by atoms with Crippen LogP contribution in [-0.4, -0.2) is 23.2 Å². The SMILES string of the molecule is Nc1ncc(OCCOc2ccccc2)cn1. The summed E-state index contributed by atoms with van der Waals surface area (Å²) in [6.07, 6.45) is 3.07. The van der Waals surface area contributed by atoms with E-state index in [0.29, 0.717) is 19.0 Å². The highest BCUT2D eigenvalue weighted by atomic mass is 16.5. The molecule has 0 saturated carbocycles. The predicted octanol–water partition coefficient (Wildman–Crippen LogP) is 1.52. The molecule has 0 aliphatic carbocycles. The van der Waals surface area contributed by atoms with Crippen LogP contribution in [-0.2, 0) is 0 Å². The fourth-order valence-corrected chi connectivity index (χ4v) is 1.24. The van der Waals surface area contributed by atoms with Crippen LogP contribution < -0.4 is 15.2 Å². The Morgan fingerprint density at radius 3 is 2.12 bits per heavy atom. The minimum absolute atomic E-state index is 0.234. The summed E-state index contributed by atoms with van der Waals surface area (Å²) in [5.41, 5.74) is 5.36. The number of hydrogen-bond donors (Lipinski definition) is 1. The summed E-state index contributed by atoms with van der Waals surface area (Å²) in [6.45, 7) is 0.899. The van der Waals surface area contributed by atoms with Crippen LogP contribution in [0.2, 0.25) is 0 Å². The smallest absolute Gasteiger partial charge is 0.220 e. The van der Waals surface area contributed by atoms with Crippen LogP contribution in [0.15, 0.2) is 42.7 Å². The number of anilines is 1. The van der Waals surface area contributed by atoms with E-state index in [9.17, 15) is 0 Å². The third-order valence-corrected chi connectivity index (χ3v) is 2.01. The number of para-hydroxylation sites is 1. The van der Waals surface area contributed by atoms with E-state index in [1.807, 2.05) is 30.3 Å². The monoisotopic (exact) mass is 231 g/mol. The van der Waals surface area contributed by atoms with Gasteiger partial charge in [-0.25, -0.2) is 9.97 Å². The number of hydrogen-bond acceptors (Lipinski definition) is 5. The molecule has 5 nitrogen and oxygen atoms in total. The van der Waals surface area contributed by atoms with Crippen LogP contribution in [0.3, 0.4) is 0 Å². The van der Waals surface area contributed by atoms with Crippen LogP contribution in [0.1, 0.15) is 0 Å². The minimum Gasteiger partial charge on any atom is -0.490 e. The summed E-state index contributed by atoms with van der Waals surface area (Å²) >= 11 is 0. The van der Waals surface area contributed by atoms with Crippen molar-refractivity contribution >= 4 is 5.95 Å². The third-order valence-electron chi connectivity index (χ3n) is 2.01. The second kappa shape index (κ2) is 5.69. The zero-order valence-electron chi connectivity index (χ0n) is 9.24. The van der Waals surface area contributed by atoms with E-state index in [4.69, 9.17) is 15.2 Å². The molecule has 0 fully saturated rings. The Morgan fingerprint density at radius 1 is 0.882 bits per heavy atom. The average Bonchev–Trinajstić information content (AvgIpc) is 2.38. The number of nitrogens with zero attached hydrogens (tertiary/aromatic N) is 2. The molecule has 0 saturated heterocycles. The minimum atomic E-state index is 0.234. The number of aromatic nitrogens is 2. The average molecular weight is 231 g/mol. The first-order chi connectivity index (χ1) is 8.34. The Balaban J connectivity index is 1.71. The molecular formula is C12H13N3O2. The van der Waals surface area contributed by atoms with Crippen molar-refractivity contribution in [1.29, 1.82) is 0 Å². The van der Waals surface area contributed by atoms with Crippen molar-refractivity contribution in [2.24, 2.45) is 0 Å². The molecule has 0 bridgehead atoms. The highest BCUT2D eigenvalue weighted by Gasteiger charge is 1.96. The van der Waals surface area contributed by atoms with E-state index in [0.717, 1.165) is 5.75 Å². The molecule has 0 unspecified atom stereocenters. The molecule has 5 heteroatoms. The van der Waals surface area contributed by atoms with Gasteiger partial charge in [0.25, 0.3) is 0 Å². The van der Waals surface area contributed by atoms with Crippen molar-refractivity contribution in [2.45, 2.75) is 0 Å². The molecular weight excluding hydrogens is 218 g/mol. The Hall–Kier alpha value is -2.30. The van der Waals surface area contributed by atoms with Gasteiger partial charge in [0.2, 0.25) is 5.95 Å². The van der Waals surface area contributed by atoms with Gasteiger partial charge in [0, 0.05) is 0 Å². The summed E-state index contributed by atoms with van der Waals surface area (Å²) in [4.78, 5) is 7.63. The second-order valence-electron chi connectivity index (χ2n) is 3.29. The van der Waals surface area contributed by atoms with Gasteiger partial charge in [-0.1, -0.05) is 18.2 Å². The fraction of sp³-hybridized carbons (Fsp3) is 0.167. The summed E-state index contributed by atoms with van der Waals surface area (Å²) < 4.78 is 10.8. The standard InChI is InChI=1S/C12H13N3O2/c13-12-14-8-11(9-15-12)17-7-6-16-10-4-2-1-3-5-10/h1-5,8-9H,6-7H2,(H2,13,14,15). The van der Waals surface area contributed by atoms with Crippen LogP contribution in [0, 0.1) is 0 Å². The maximum Gasteiger partial charge on any atom is 0.220 e. The first-order valence-electron chi connectivity index (χ1n) is 5.23. The lowest BCUT2D eigenvalue weighted by Gasteiger charge is -2.07. The Bertz CT molecular complexity index is 445. The molecule has 0 radical (unpaired) electrons. The van der Waals surface area contributed by atoms with E-state index >= 15 is 0 Å². The lowest BCUT2D eigenvalue weighted by atomic mass is 10.3. The van der Waals surface area contributed by atoms with Gasteiger partial charge in [-0.05, 0) is 12.1 Å². The maximum absolute atomic E-state index is 5.46. The van der Waals surface area contributed by atoms with Gasteiger partial charge < -0.3 is 15.2 Å². The van der Waals surface area contributed by atoms with Crippen LogP contribution in [0.25, 0.3) is 0 Å². The van der Waals surface area contributed by atoms with Crippen LogP contribution >= 0.6 is 0 Å². The van der Waals surface area contributed by atoms with E-state index in [1.54, 1.807) is 0 Å². The molecule has 0 atom stereocenters. The summed E-state index contributed by atoms with van der Waals surface area (Å²) in [6, 6.07) is 9.57. The topological polar surface area (TPSA) is 70.3 Å². The number of benzene rings is 1. The van der Waals surface area contributed by atoms with Crippen molar-refractivity contribution < 1.29 is 9.47 Å². The molecule has 0 aliphatic heterocycles. The van der Waals surface area contributed by atoms with Gasteiger partial charge in [-0.2, -0.15) is 0 Å². The molecule has 2 rings (SSSR count). The molecule has 2 N–H and O–H groups in total. The summed E-state index contributed by atoms with van der Waals surface area (Å²) in [5, 5.41) is 0. The number of rotatable bonds is 5. The van der Waals surface area contributed by atoms with E-state index < -0.39 is 0 Å². The van der Waals surface area contributed by atoms with Gasteiger partial charge in [0.1, 0.15) is 19.0 Å². The van der Waals surface area contributed by atoms with Crippen molar-refractivity contribution in [3.63, 3.8) is 0 Å². The predicted molar refractivity (Wildman–Crippen MR) is 63.9 cm³/mol. The zero-order chi connectivity index (χ0) is 11.9. The molecule has 1 aromatic carbocycles. The van der Waals surface area contributed by atoms with Crippen LogP contribution in [0.5, 0.6) is 11.5 Å². The van der Waals surface area contributed by atoms with Gasteiger partial charge in [0.15, 0.2) is 5.75 Å². The first kappa shape index (κ1) is 11.2. The Kier molecular flexibility index (Phi) is 3.75. The van der Waals surface area contributed by atoms with Crippen molar-refractivity contribution in [2.75, 3.05) is 18.9 Å². The van der Waals surface area contributed by atoms with E-state index in [-0.39, 0.29) is 5.95 Å². The first-order valence-corrected chi connectivity index (χ1v) is 5.23. The highest BCUT2D eigenvalue weighted by molar-refractivity contribution is 5.22. The van der Waals surface area contributed by atoms with Crippen LogP contribution in [0.4, 0.5) is 5.95 Å². The van der Waals surface area contributed by atoms with E-state index in [1.165, 1.54) is 12.4 Å². The molecule has 1 heterocycles. The van der Waals surface area contributed by atoms with Crippen molar-refractivity contribution in [1.82, 2.24) is 9.97 Å². The van der Waals surface area contributed by atoms with Crippen molar-refractivity contribution in [3.05, 3.63) is 42.7 Å². The van der Waals surface area contributed by atoms with Gasteiger partial charge >= 0.3 is 0 Å². The summed E-state index contributed by atoms with van der Waals surface area (Å²) in [7, 11) is 0. The Morgan fingerprint density at radius 2 is 1.47 bits per heavy atom. The Labute approximate surface area is 99.2 Å². The van der Waals surface area contributed by atoms with Gasteiger partial charge in [-0.3, -0.25) is 0 Å². The molecule has 0 aliphatic rings. The molecule has 88 valence electrons. The normalized spacial score (nSPS) is 9.88. The quantitative estimate of drug-likeness (QED) is 0.790. The maximum atomic E-state index is 5.46. The number of nitrogen functional groups attached to an aromatic ring is 1. The molecule has 0 spiro atoms. The van der Waals surface area contributed by atoms with E-state index in [2.05, 4.69) is 9.97 Å². The van der Waals surface area contributed by atoms with Gasteiger partial charge in [-0.15, -0.1) is 0 Å². The van der Waals surface area contributed by atoms with Crippen molar-refractivity contribution in [3.8, 4) is 11.5 Å².